The largest absolute Gasteiger partial charge is 0.497 e. The second-order valence-electron chi connectivity index (χ2n) is 15.9. The molecule has 2 fully saturated rings. The Kier molecular flexibility index (Phi) is 12.9. The van der Waals surface area contributed by atoms with E-state index in [1.54, 1.807) is 65.8 Å². The molecule has 6 atom stereocenters. The zero-order chi connectivity index (χ0) is 39.5. The SMILES string of the molecule is C=CCCCC1CCCC1(OC(=O)NC(C(=O)N1CC(Oc2nc3cc(OC)ccc3nc2Cl)C(CC)C1C(=O)OC(C)(C)C)C(C)(C)C)C(F)(F)F. The van der Waals surface area contributed by atoms with Gasteiger partial charge in [0.25, 0.3) is 5.88 Å². The first-order chi connectivity index (χ1) is 24.7. The number of alkyl halides is 3. The maximum atomic E-state index is 14.8. The number of hydrogen-bond donors (Lipinski definition) is 1. The maximum Gasteiger partial charge on any atom is 0.428 e. The number of benzene rings is 1. The predicted octanol–water partition coefficient (Wildman–Crippen LogP) is 8.22. The van der Waals surface area contributed by atoms with Crippen molar-refractivity contribution in [3.05, 3.63) is 36.0 Å². The van der Waals surface area contributed by atoms with Gasteiger partial charge in [0.2, 0.25) is 11.5 Å². The zero-order valence-corrected chi connectivity index (χ0v) is 32.5. The minimum Gasteiger partial charge on any atom is -0.497 e. The van der Waals surface area contributed by atoms with Crippen molar-refractivity contribution in [1.82, 2.24) is 20.2 Å². The van der Waals surface area contributed by atoms with Crippen LogP contribution in [0, 0.1) is 17.3 Å². The lowest BCUT2D eigenvalue weighted by molar-refractivity contribution is -0.271. The first kappa shape index (κ1) is 41.9. The molecule has 1 aromatic heterocycles. The van der Waals surface area contributed by atoms with Crippen molar-refractivity contribution in [1.29, 1.82) is 0 Å². The Morgan fingerprint density at radius 1 is 1.13 bits per heavy atom. The molecule has 53 heavy (non-hydrogen) atoms. The summed E-state index contributed by atoms with van der Waals surface area (Å²) in [6, 6.07) is 2.47. The summed E-state index contributed by atoms with van der Waals surface area (Å²) in [7, 11) is 1.51. The van der Waals surface area contributed by atoms with E-state index in [0.29, 0.717) is 36.0 Å². The van der Waals surface area contributed by atoms with Gasteiger partial charge >= 0.3 is 18.2 Å². The van der Waals surface area contributed by atoms with E-state index in [1.807, 2.05) is 6.92 Å². The van der Waals surface area contributed by atoms with Crippen LogP contribution >= 0.6 is 11.6 Å². The fourth-order valence-corrected chi connectivity index (χ4v) is 7.53. The number of methoxy groups -OCH3 is 1. The highest BCUT2D eigenvalue weighted by Gasteiger charge is 2.64. The van der Waals surface area contributed by atoms with Gasteiger partial charge in [-0.3, -0.25) is 4.79 Å². The van der Waals surface area contributed by atoms with Crippen molar-refractivity contribution >= 4 is 40.6 Å². The number of fused-ring (bicyclic) bond motifs is 1. The number of amides is 2. The smallest absolute Gasteiger partial charge is 0.428 e. The molecule has 6 unspecified atom stereocenters. The number of nitrogens with one attached hydrogen (secondary N) is 1. The van der Waals surface area contributed by atoms with Crippen LogP contribution in [0.2, 0.25) is 5.15 Å². The van der Waals surface area contributed by atoms with Crippen LogP contribution in [-0.4, -0.2) is 82.1 Å². The van der Waals surface area contributed by atoms with Gasteiger partial charge in [-0.2, -0.15) is 13.2 Å². The highest BCUT2D eigenvalue weighted by Crippen LogP contribution is 2.51. The molecule has 1 aliphatic heterocycles. The summed E-state index contributed by atoms with van der Waals surface area (Å²) in [4.78, 5) is 52.3. The van der Waals surface area contributed by atoms with E-state index in [4.69, 9.17) is 30.5 Å². The van der Waals surface area contributed by atoms with Crippen LogP contribution in [-0.2, 0) is 19.1 Å². The van der Waals surface area contributed by atoms with Crippen LogP contribution in [0.5, 0.6) is 11.6 Å². The molecule has 294 valence electrons. The Morgan fingerprint density at radius 2 is 1.83 bits per heavy atom. The minimum atomic E-state index is -4.84. The number of rotatable bonds is 12. The van der Waals surface area contributed by atoms with Crippen LogP contribution < -0.4 is 14.8 Å². The van der Waals surface area contributed by atoms with Crippen LogP contribution in [0.4, 0.5) is 18.0 Å². The van der Waals surface area contributed by atoms with Gasteiger partial charge in [0.1, 0.15) is 29.5 Å². The third kappa shape index (κ3) is 9.47. The average molecular weight is 769 g/mol. The first-order valence-corrected chi connectivity index (χ1v) is 18.4. The van der Waals surface area contributed by atoms with Gasteiger partial charge in [0, 0.05) is 17.9 Å². The van der Waals surface area contributed by atoms with Crippen LogP contribution in [0.15, 0.2) is 30.9 Å². The molecule has 1 N–H and O–H groups in total. The lowest BCUT2D eigenvalue weighted by atomic mass is 9.85. The highest BCUT2D eigenvalue weighted by atomic mass is 35.5. The monoisotopic (exact) mass is 768 g/mol. The number of allylic oxidation sites excluding steroid dienone is 1. The molecule has 0 bridgehead atoms. The normalized spacial score (nSPS) is 24.1. The average Bonchev–Trinajstić information content (AvgIpc) is 3.64. The zero-order valence-electron chi connectivity index (χ0n) is 31.8. The molecule has 1 saturated heterocycles. The fraction of sp³-hybridized carbons (Fsp3) is 0.658. The van der Waals surface area contributed by atoms with E-state index in [0.717, 1.165) is 0 Å². The lowest BCUT2D eigenvalue weighted by Gasteiger charge is -2.39. The maximum absolute atomic E-state index is 14.8. The third-order valence-corrected chi connectivity index (χ3v) is 10.2. The summed E-state index contributed by atoms with van der Waals surface area (Å²) in [5.74, 6) is -2.50. The quantitative estimate of drug-likeness (QED) is 0.129. The molecular formula is C38H52ClF3N4O7. The molecule has 0 spiro atoms. The van der Waals surface area contributed by atoms with Crippen LogP contribution in [0.1, 0.15) is 93.4 Å². The number of hydrogen-bond acceptors (Lipinski definition) is 9. The van der Waals surface area contributed by atoms with Gasteiger partial charge in [-0.25, -0.2) is 19.6 Å². The molecule has 1 aromatic carbocycles. The summed E-state index contributed by atoms with van der Waals surface area (Å²) in [6.07, 6.45) is -3.76. The van der Waals surface area contributed by atoms with Crippen molar-refractivity contribution < 1.29 is 46.5 Å². The number of carbonyl (C=O) groups is 3. The lowest BCUT2D eigenvalue weighted by Crippen LogP contribution is -2.60. The summed E-state index contributed by atoms with van der Waals surface area (Å²) < 4.78 is 67.0. The molecule has 4 rings (SSSR count). The van der Waals surface area contributed by atoms with Gasteiger partial charge in [-0.05, 0) is 83.3 Å². The van der Waals surface area contributed by atoms with Gasteiger partial charge in [0.05, 0.1) is 24.7 Å². The molecule has 2 amide bonds. The summed E-state index contributed by atoms with van der Waals surface area (Å²) in [5.41, 5.74) is -3.73. The van der Waals surface area contributed by atoms with Crippen molar-refractivity contribution in [2.75, 3.05) is 13.7 Å². The minimum absolute atomic E-state index is 0.0289. The molecule has 11 nitrogen and oxygen atoms in total. The number of aromatic nitrogens is 2. The molecule has 2 aliphatic rings. The number of esters is 1. The summed E-state index contributed by atoms with van der Waals surface area (Å²) in [6.45, 7) is 15.4. The summed E-state index contributed by atoms with van der Waals surface area (Å²) in [5, 5.41) is 2.43. The number of alkyl carbamates (subject to hydrolysis) is 1. The molecule has 15 heteroatoms. The number of carbonyl (C=O) groups excluding carboxylic acids is 3. The van der Waals surface area contributed by atoms with Gasteiger partial charge in [-0.15, -0.1) is 6.58 Å². The molecule has 1 saturated carbocycles. The Bertz CT molecular complexity index is 1660. The van der Waals surface area contributed by atoms with Crippen LogP contribution in [0.3, 0.4) is 0 Å². The second-order valence-corrected chi connectivity index (χ2v) is 16.3. The van der Waals surface area contributed by atoms with Crippen molar-refractivity contribution in [3.8, 4) is 11.6 Å². The van der Waals surface area contributed by atoms with Gasteiger partial charge in [0.15, 0.2) is 5.15 Å². The Labute approximate surface area is 314 Å². The number of nitrogens with zero attached hydrogens (tertiary/aromatic N) is 3. The Morgan fingerprint density at radius 3 is 2.42 bits per heavy atom. The number of ether oxygens (including phenoxy) is 4. The van der Waals surface area contributed by atoms with Crippen LogP contribution in [0.25, 0.3) is 11.0 Å². The van der Waals surface area contributed by atoms with Gasteiger partial charge < -0.3 is 29.2 Å². The topological polar surface area (TPSA) is 129 Å². The second kappa shape index (κ2) is 16.3. The molecule has 2 heterocycles. The number of unbranched alkanes of at least 4 members (excludes halogenated alkanes) is 1. The van der Waals surface area contributed by atoms with E-state index in [9.17, 15) is 27.6 Å². The van der Waals surface area contributed by atoms with Gasteiger partial charge in [-0.1, -0.05) is 45.4 Å². The fourth-order valence-electron chi connectivity index (χ4n) is 7.35. The molecule has 2 aromatic rings. The highest BCUT2D eigenvalue weighted by molar-refractivity contribution is 6.31. The third-order valence-electron chi connectivity index (χ3n) is 9.91. The number of halogens is 4. The Hall–Kier alpha value is -3.81. The molecular weight excluding hydrogens is 717 g/mol. The van der Waals surface area contributed by atoms with E-state index in [2.05, 4.69) is 21.9 Å². The molecule has 0 radical (unpaired) electrons. The standard InChI is InChI=1S/C38H52ClF3N4O7/c1-10-12-13-15-22-16-14-19-37(22,38(40,41)42)53-34(49)45-29(35(3,4)5)32(47)46-21-27(24(11-2)28(46)33(48)52-36(6,7)8)51-31-30(39)43-25-18-17-23(50-9)20-26(25)44-31/h10,17-18,20,22,24,27-29H,1,11-16,19,21H2,2-9H3,(H,45,49). The van der Waals surface area contributed by atoms with E-state index < -0.39 is 70.8 Å². The van der Waals surface area contributed by atoms with E-state index in [1.165, 1.54) is 12.0 Å². The number of likely N-dealkylation sites (tertiary alicyclic amines) is 1. The van der Waals surface area contributed by atoms with E-state index >= 15 is 0 Å². The van der Waals surface area contributed by atoms with Crippen molar-refractivity contribution in [3.63, 3.8) is 0 Å². The first-order valence-electron chi connectivity index (χ1n) is 18.0. The van der Waals surface area contributed by atoms with Crippen molar-refractivity contribution in [2.24, 2.45) is 17.3 Å². The molecule has 1 aliphatic carbocycles. The summed E-state index contributed by atoms with van der Waals surface area (Å²) >= 11 is 6.51. The predicted molar refractivity (Wildman–Crippen MR) is 194 cm³/mol. The Balaban J connectivity index is 1.68. The van der Waals surface area contributed by atoms with Crippen molar-refractivity contribution in [2.45, 2.75) is 129 Å². The van der Waals surface area contributed by atoms with E-state index in [-0.39, 0.29) is 43.3 Å².